The molecule has 0 aliphatic carbocycles. The molecule has 106 valence electrons. The molecule has 0 radical (unpaired) electrons. The number of carbonyl (C=O) groups excluding carboxylic acids is 3. The molecule has 0 bridgehead atoms. The molecule has 0 aromatic rings. The van der Waals surface area contributed by atoms with Gasteiger partial charge in [-0.15, -0.1) is 11.8 Å². The van der Waals surface area contributed by atoms with Crippen LogP contribution >= 0.6 is 11.8 Å². The van der Waals surface area contributed by atoms with Gasteiger partial charge in [-0.3, -0.25) is 9.59 Å². The lowest BCUT2D eigenvalue weighted by Gasteiger charge is -2.41. The SMILES string of the molecule is CC(=O)OCOC(=O)[C@@H]1N2C(=O)C(N)[C@H]2SC1(C)C. The van der Waals surface area contributed by atoms with Crippen LogP contribution in [-0.4, -0.2) is 51.7 Å². The Morgan fingerprint density at radius 2 is 2.05 bits per heavy atom. The fraction of sp³-hybridized carbons (Fsp3) is 0.727. The predicted octanol–water partition coefficient (Wildman–Crippen LogP) is -0.560. The number of thioether (sulfide) groups is 1. The van der Waals surface area contributed by atoms with Gasteiger partial charge in [0.15, 0.2) is 0 Å². The van der Waals surface area contributed by atoms with Crippen molar-refractivity contribution < 1.29 is 23.9 Å². The number of esters is 2. The Bertz CT molecular complexity index is 439. The van der Waals surface area contributed by atoms with Gasteiger partial charge in [0.05, 0.1) is 0 Å². The van der Waals surface area contributed by atoms with E-state index in [4.69, 9.17) is 10.5 Å². The molecule has 2 saturated heterocycles. The summed E-state index contributed by atoms with van der Waals surface area (Å²) < 4.78 is 8.95. The maximum Gasteiger partial charge on any atom is 0.333 e. The first-order chi connectivity index (χ1) is 8.75. The molecule has 8 heteroatoms. The second kappa shape index (κ2) is 4.68. The maximum atomic E-state index is 12.0. The molecule has 3 atom stereocenters. The second-order valence-corrected chi connectivity index (χ2v) is 6.77. The Morgan fingerprint density at radius 3 is 2.63 bits per heavy atom. The van der Waals surface area contributed by atoms with Crippen LogP contribution in [0.1, 0.15) is 20.8 Å². The van der Waals surface area contributed by atoms with E-state index in [1.807, 2.05) is 13.8 Å². The van der Waals surface area contributed by atoms with Crippen LogP contribution in [0.5, 0.6) is 0 Å². The van der Waals surface area contributed by atoms with Crippen LogP contribution in [0.25, 0.3) is 0 Å². The molecule has 2 heterocycles. The largest absolute Gasteiger partial charge is 0.428 e. The Balaban J connectivity index is 2.03. The normalized spacial score (nSPS) is 31.5. The van der Waals surface area contributed by atoms with E-state index in [0.717, 1.165) is 0 Å². The number of hydrogen-bond donors (Lipinski definition) is 1. The predicted molar refractivity (Wildman–Crippen MR) is 66.8 cm³/mol. The Labute approximate surface area is 114 Å². The lowest BCUT2D eigenvalue weighted by atomic mass is 9.96. The third-order valence-electron chi connectivity index (χ3n) is 3.17. The highest BCUT2D eigenvalue weighted by Crippen LogP contribution is 2.50. The summed E-state index contributed by atoms with van der Waals surface area (Å²) in [5, 5.41) is -0.186. The van der Waals surface area contributed by atoms with Gasteiger partial charge >= 0.3 is 11.9 Å². The number of nitrogens with two attached hydrogens (primary N) is 1. The topological polar surface area (TPSA) is 98.9 Å². The van der Waals surface area contributed by atoms with Crippen molar-refractivity contribution in [1.82, 2.24) is 4.90 Å². The Kier molecular flexibility index (Phi) is 3.48. The zero-order valence-electron chi connectivity index (χ0n) is 10.9. The fourth-order valence-electron chi connectivity index (χ4n) is 2.27. The summed E-state index contributed by atoms with van der Waals surface area (Å²) in [4.78, 5) is 35.8. The van der Waals surface area contributed by atoms with Gasteiger partial charge in [0, 0.05) is 11.7 Å². The average Bonchev–Trinajstić information content (AvgIpc) is 2.57. The Hall–Kier alpha value is -1.28. The monoisotopic (exact) mass is 288 g/mol. The van der Waals surface area contributed by atoms with Crippen LogP contribution in [0, 0.1) is 0 Å². The van der Waals surface area contributed by atoms with Crippen molar-refractivity contribution in [3.05, 3.63) is 0 Å². The molecule has 1 amide bonds. The number of rotatable bonds is 3. The Morgan fingerprint density at radius 1 is 1.42 bits per heavy atom. The van der Waals surface area contributed by atoms with E-state index >= 15 is 0 Å². The number of nitrogens with zero attached hydrogens (tertiary/aromatic N) is 1. The standard InChI is InChI=1S/C11H16N2O5S/c1-5(14)17-4-18-10(16)7-11(2,3)19-9-6(12)8(15)13(7)9/h6-7,9H,4,12H2,1-3H3/t6?,7-,9+/m0/s1. The molecule has 2 aliphatic heterocycles. The molecular weight excluding hydrogens is 272 g/mol. The first-order valence-electron chi connectivity index (χ1n) is 5.81. The molecule has 2 rings (SSSR count). The molecular formula is C11H16N2O5S. The van der Waals surface area contributed by atoms with E-state index < -0.39 is 35.6 Å². The molecule has 1 unspecified atom stereocenters. The minimum atomic E-state index is -0.703. The lowest BCUT2D eigenvalue weighted by Crippen LogP contribution is -2.68. The quantitative estimate of drug-likeness (QED) is 0.422. The molecule has 2 aliphatic rings. The van der Waals surface area contributed by atoms with Crippen LogP contribution < -0.4 is 5.73 Å². The third-order valence-corrected chi connectivity index (χ3v) is 4.76. The summed E-state index contributed by atoms with van der Waals surface area (Å²) in [5.41, 5.74) is 5.70. The van der Waals surface area contributed by atoms with Gasteiger partial charge in [0.2, 0.25) is 12.7 Å². The smallest absolute Gasteiger partial charge is 0.333 e. The van der Waals surface area contributed by atoms with Crippen molar-refractivity contribution in [2.75, 3.05) is 6.79 Å². The third kappa shape index (κ3) is 2.30. The zero-order valence-corrected chi connectivity index (χ0v) is 11.7. The number of ether oxygens (including phenoxy) is 2. The number of hydrogen-bond acceptors (Lipinski definition) is 7. The van der Waals surface area contributed by atoms with Crippen molar-refractivity contribution in [3.8, 4) is 0 Å². The summed E-state index contributed by atoms with van der Waals surface area (Å²) >= 11 is 1.48. The van der Waals surface area contributed by atoms with E-state index in [1.54, 1.807) is 0 Å². The van der Waals surface area contributed by atoms with Gasteiger partial charge in [-0.1, -0.05) is 0 Å². The first-order valence-corrected chi connectivity index (χ1v) is 6.69. The zero-order chi connectivity index (χ0) is 14.4. The number of carbonyl (C=O) groups is 3. The van der Waals surface area contributed by atoms with Crippen molar-refractivity contribution >= 4 is 29.6 Å². The highest BCUT2D eigenvalue weighted by atomic mass is 32.2. The van der Waals surface area contributed by atoms with Crippen LogP contribution in [0.2, 0.25) is 0 Å². The van der Waals surface area contributed by atoms with Crippen molar-refractivity contribution in [2.45, 2.75) is 43.0 Å². The van der Waals surface area contributed by atoms with E-state index in [9.17, 15) is 14.4 Å². The van der Waals surface area contributed by atoms with Crippen molar-refractivity contribution in [1.29, 1.82) is 0 Å². The highest BCUT2D eigenvalue weighted by Gasteiger charge is 2.63. The van der Waals surface area contributed by atoms with Crippen LogP contribution in [0.15, 0.2) is 0 Å². The van der Waals surface area contributed by atoms with Crippen LogP contribution in [-0.2, 0) is 23.9 Å². The molecule has 0 spiro atoms. The van der Waals surface area contributed by atoms with Crippen molar-refractivity contribution in [2.24, 2.45) is 5.73 Å². The van der Waals surface area contributed by atoms with E-state index in [-0.39, 0.29) is 11.3 Å². The highest BCUT2D eigenvalue weighted by molar-refractivity contribution is 8.01. The molecule has 0 aromatic carbocycles. The minimum absolute atomic E-state index is 0.186. The summed E-state index contributed by atoms with van der Waals surface area (Å²) in [6, 6.07) is -1.26. The van der Waals surface area contributed by atoms with Gasteiger partial charge in [-0.05, 0) is 13.8 Å². The number of fused-ring (bicyclic) bond motifs is 1. The fourth-order valence-corrected chi connectivity index (χ4v) is 3.84. The minimum Gasteiger partial charge on any atom is -0.428 e. The summed E-state index contributed by atoms with van der Waals surface area (Å²) in [6.07, 6.45) is 0. The maximum absolute atomic E-state index is 12.0. The van der Waals surface area contributed by atoms with Gasteiger partial charge in [-0.25, -0.2) is 4.79 Å². The van der Waals surface area contributed by atoms with Crippen LogP contribution in [0.3, 0.4) is 0 Å². The van der Waals surface area contributed by atoms with Gasteiger partial charge < -0.3 is 20.1 Å². The van der Waals surface area contributed by atoms with Gasteiger partial charge in [0.25, 0.3) is 0 Å². The van der Waals surface area contributed by atoms with Gasteiger partial charge in [0.1, 0.15) is 17.5 Å². The van der Waals surface area contributed by atoms with Crippen LogP contribution in [0.4, 0.5) is 0 Å². The number of amides is 1. The molecule has 19 heavy (non-hydrogen) atoms. The summed E-state index contributed by atoms with van der Waals surface area (Å²) in [7, 11) is 0. The summed E-state index contributed by atoms with van der Waals surface area (Å²) in [5.74, 6) is -1.37. The molecule has 7 nitrogen and oxygen atoms in total. The molecule has 0 saturated carbocycles. The van der Waals surface area contributed by atoms with Crippen molar-refractivity contribution in [3.63, 3.8) is 0 Å². The summed E-state index contributed by atoms with van der Waals surface area (Å²) in [6.45, 7) is 4.49. The first kappa shape index (κ1) is 14.1. The average molecular weight is 288 g/mol. The number of β-lactam (4-membered cyclic amide) rings is 1. The second-order valence-electron chi connectivity index (χ2n) is 5.00. The molecule has 0 aromatic heterocycles. The lowest BCUT2D eigenvalue weighted by molar-refractivity contribution is -0.175. The molecule has 2 N–H and O–H groups in total. The molecule has 2 fully saturated rings. The van der Waals surface area contributed by atoms with E-state index in [1.165, 1.54) is 23.6 Å². The van der Waals surface area contributed by atoms with Gasteiger partial charge in [-0.2, -0.15) is 0 Å². The van der Waals surface area contributed by atoms with E-state index in [0.29, 0.717) is 0 Å². The van der Waals surface area contributed by atoms with E-state index in [2.05, 4.69) is 4.74 Å².